The van der Waals surface area contributed by atoms with Gasteiger partial charge in [0.25, 0.3) is 0 Å². The first kappa shape index (κ1) is 14.1. The van der Waals surface area contributed by atoms with Gasteiger partial charge in [0.1, 0.15) is 5.75 Å². The summed E-state index contributed by atoms with van der Waals surface area (Å²) in [6.45, 7) is 4.98. The van der Waals surface area contributed by atoms with Crippen LogP contribution in [0.2, 0.25) is 0 Å². The Morgan fingerprint density at radius 3 is 2.47 bits per heavy atom. The molecule has 2 aromatic carbocycles. The van der Waals surface area contributed by atoms with Crippen molar-refractivity contribution >= 4 is 15.9 Å². The predicted octanol–water partition coefficient (Wildman–Crippen LogP) is 5.27. The van der Waals surface area contributed by atoms with Crippen molar-refractivity contribution in [2.45, 2.75) is 25.1 Å². The number of alkyl halides is 1. The van der Waals surface area contributed by atoms with Crippen molar-refractivity contribution < 1.29 is 4.74 Å². The van der Waals surface area contributed by atoms with Crippen LogP contribution in [0.4, 0.5) is 0 Å². The van der Waals surface area contributed by atoms with Crippen LogP contribution in [0.25, 0.3) is 0 Å². The van der Waals surface area contributed by atoms with Crippen LogP contribution in [0.1, 0.15) is 34.9 Å². The van der Waals surface area contributed by atoms with Crippen molar-refractivity contribution in [2.75, 3.05) is 6.61 Å². The Morgan fingerprint density at radius 1 is 1.05 bits per heavy atom. The zero-order chi connectivity index (χ0) is 13.7. The molecule has 0 aliphatic heterocycles. The minimum absolute atomic E-state index is 0.207. The number of hydrogen-bond donors (Lipinski definition) is 0. The zero-order valence-corrected chi connectivity index (χ0v) is 13.0. The van der Waals surface area contributed by atoms with E-state index in [-0.39, 0.29) is 4.83 Å². The summed E-state index contributed by atoms with van der Waals surface area (Å²) in [5, 5.41) is 0. The van der Waals surface area contributed by atoms with Gasteiger partial charge in [0, 0.05) is 0 Å². The van der Waals surface area contributed by atoms with E-state index >= 15 is 0 Å². The van der Waals surface area contributed by atoms with Crippen molar-refractivity contribution in [1.82, 2.24) is 0 Å². The lowest BCUT2D eigenvalue weighted by Crippen LogP contribution is -1.97. The summed E-state index contributed by atoms with van der Waals surface area (Å²) < 4.78 is 5.68. The molecule has 0 radical (unpaired) electrons. The van der Waals surface area contributed by atoms with Crippen LogP contribution < -0.4 is 4.74 Å². The average molecular weight is 319 g/mol. The summed E-state index contributed by atoms with van der Waals surface area (Å²) in [5.74, 6) is 0.941. The molecule has 1 nitrogen and oxygen atoms in total. The molecule has 0 heterocycles. The van der Waals surface area contributed by atoms with Gasteiger partial charge in [-0.3, -0.25) is 0 Å². The third kappa shape index (κ3) is 3.84. The summed E-state index contributed by atoms with van der Waals surface area (Å²) in [5.41, 5.74) is 3.76. The molecule has 2 rings (SSSR count). The number of rotatable bonds is 5. The molecule has 0 saturated heterocycles. The van der Waals surface area contributed by atoms with Crippen LogP contribution in [0.15, 0.2) is 48.5 Å². The summed E-state index contributed by atoms with van der Waals surface area (Å²) >= 11 is 3.77. The van der Waals surface area contributed by atoms with E-state index in [2.05, 4.69) is 66.2 Å². The van der Waals surface area contributed by atoms with Gasteiger partial charge in [-0.05, 0) is 36.6 Å². The van der Waals surface area contributed by atoms with Gasteiger partial charge >= 0.3 is 0 Å². The lowest BCUT2D eigenvalue weighted by molar-refractivity contribution is 0.317. The fourth-order valence-electron chi connectivity index (χ4n) is 1.91. The van der Waals surface area contributed by atoms with Crippen molar-refractivity contribution in [3.8, 4) is 5.75 Å². The molecule has 0 spiro atoms. The number of hydrogen-bond acceptors (Lipinski definition) is 1. The van der Waals surface area contributed by atoms with Gasteiger partial charge in [0.2, 0.25) is 0 Å². The molecule has 0 bridgehead atoms. The van der Waals surface area contributed by atoms with Gasteiger partial charge in [0.05, 0.1) is 11.4 Å². The van der Waals surface area contributed by atoms with Gasteiger partial charge in [-0.1, -0.05) is 64.8 Å². The Kier molecular flexibility index (Phi) is 5.03. The molecule has 1 unspecified atom stereocenters. The van der Waals surface area contributed by atoms with E-state index in [1.807, 2.05) is 12.1 Å². The highest BCUT2D eigenvalue weighted by Crippen LogP contribution is 2.32. The highest BCUT2D eigenvalue weighted by Gasteiger charge is 2.10. The maximum Gasteiger partial charge on any atom is 0.119 e. The highest BCUT2D eigenvalue weighted by molar-refractivity contribution is 9.09. The first-order chi connectivity index (χ1) is 9.20. The second-order valence-corrected chi connectivity index (χ2v) is 5.61. The van der Waals surface area contributed by atoms with Crippen LogP contribution in [-0.4, -0.2) is 6.61 Å². The first-order valence-corrected chi connectivity index (χ1v) is 7.55. The fourth-order valence-corrected chi connectivity index (χ4v) is 2.50. The van der Waals surface area contributed by atoms with E-state index in [0.717, 1.165) is 18.8 Å². The molecule has 0 N–H and O–H groups in total. The summed E-state index contributed by atoms with van der Waals surface area (Å²) in [6, 6.07) is 16.9. The van der Waals surface area contributed by atoms with Gasteiger partial charge in [0.15, 0.2) is 0 Å². The smallest absolute Gasteiger partial charge is 0.119 e. The van der Waals surface area contributed by atoms with Crippen molar-refractivity contribution in [3.63, 3.8) is 0 Å². The Labute approximate surface area is 123 Å². The molecule has 0 fully saturated rings. The Bertz CT molecular complexity index is 519. The number of ether oxygens (including phenoxy) is 1. The van der Waals surface area contributed by atoms with E-state index in [1.165, 1.54) is 16.7 Å². The molecule has 0 amide bonds. The topological polar surface area (TPSA) is 9.23 Å². The molecule has 19 heavy (non-hydrogen) atoms. The van der Waals surface area contributed by atoms with E-state index in [9.17, 15) is 0 Å². The maximum atomic E-state index is 5.68. The monoisotopic (exact) mass is 318 g/mol. The largest absolute Gasteiger partial charge is 0.494 e. The SMILES string of the molecule is CCCOc1cccc(C(Br)c2ccc(C)cc2)c1. The molecule has 2 aromatic rings. The predicted molar refractivity (Wildman–Crippen MR) is 84.2 cm³/mol. The molecule has 0 aliphatic rings. The van der Waals surface area contributed by atoms with Gasteiger partial charge in [-0.25, -0.2) is 0 Å². The highest BCUT2D eigenvalue weighted by atomic mass is 79.9. The zero-order valence-electron chi connectivity index (χ0n) is 11.4. The Balaban J connectivity index is 2.18. The van der Waals surface area contributed by atoms with Crippen LogP contribution in [0.5, 0.6) is 5.75 Å². The molecular weight excluding hydrogens is 300 g/mol. The second kappa shape index (κ2) is 6.76. The van der Waals surface area contributed by atoms with E-state index < -0.39 is 0 Å². The quantitative estimate of drug-likeness (QED) is 0.682. The maximum absolute atomic E-state index is 5.68. The van der Waals surface area contributed by atoms with Crippen LogP contribution in [0.3, 0.4) is 0 Å². The van der Waals surface area contributed by atoms with Crippen LogP contribution in [0, 0.1) is 6.92 Å². The molecule has 0 aromatic heterocycles. The first-order valence-electron chi connectivity index (χ1n) is 6.64. The molecule has 1 atom stereocenters. The number of halogens is 1. The van der Waals surface area contributed by atoms with Gasteiger partial charge in [-0.2, -0.15) is 0 Å². The van der Waals surface area contributed by atoms with Gasteiger partial charge < -0.3 is 4.74 Å². The summed E-state index contributed by atoms with van der Waals surface area (Å²) in [7, 11) is 0. The third-order valence-corrected chi connectivity index (χ3v) is 4.05. The van der Waals surface area contributed by atoms with Crippen LogP contribution in [-0.2, 0) is 0 Å². The fraction of sp³-hybridized carbons (Fsp3) is 0.294. The van der Waals surface area contributed by atoms with Crippen molar-refractivity contribution in [3.05, 3.63) is 65.2 Å². The molecule has 2 heteroatoms. The third-order valence-electron chi connectivity index (χ3n) is 2.99. The molecule has 0 saturated carbocycles. The van der Waals surface area contributed by atoms with Gasteiger partial charge in [-0.15, -0.1) is 0 Å². The number of aryl methyl sites for hydroxylation is 1. The second-order valence-electron chi connectivity index (χ2n) is 4.69. The summed E-state index contributed by atoms with van der Waals surface area (Å²) in [6.07, 6.45) is 1.03. The summed E-state index contributed by atoms with van der Waals surface area (Å²) in [4.78, 5) is 0.207. The average Bonchev–Trinajstić information content (AvgIpc) is 2.45. The Morgan fingerprint density at radius 2 is 1.79 bits per heavy atom. The van der Waals surface area contributed by atoms with E-state index in [4.69, 9.17) is 4.74 Å². The van der Waals surface area contributed by atoms with Crippen LogP contribution >= 0.6 is 15.9 Å². The molecule has 0 aliphatic carbocycles. The minimum Gasteiger partial charge on any atom is -0.494 e. The lowest BCUT2D eigenvalue weighted by Gasteiger charge is -2.13. The standard InChI is InChI=1S/C17H19BrO/c1-3-11-19-16-6-4-5-15(12-16)17(18)14-9-7-13(2)8-10-14/h4-10,12,17H,3,11H2,1-2H3. The normalized spacial score (nSPS) is 12.2. The lowest BCUT2D eigenvalue weighted by atomic mass is 10.0. The van der Waals surface area contributed by atoms with E-state index in [1.54, 1.807) is 0 Å². The minimum atomic E-state index is 0.207. The Hall–Kier alpha value is -1.28. The van der Waals surface area contributed by atoms with E-state index in [0.29, 0.717) is 0 Å². The molecular formula is C17H19BrO. The molecule has 100 valence electrons. The van der Waals surface area contributed by atoms with Crippen molar-refractivity contribution in [1.29, 1.82) is 0 Å². The van der Waals surface area contributed by atoms with Crippen molar-refractivity contribution in [2.24, 2.45) is 0 Å². The number of benzene rings is 2.